The van der Waals surface area contributed by atoms with Crippen molar-refractivity contribution in [2.45, 2.75) is 37.9 Å². The molecule has 114 valence electrons. The molecular formula is C18H16Br2FN. The number of nitrogens with zero attached hydrogens (tertiary/aromatic N) is 1. The predicted octanol–water partition coefficient (Wildman–Crippen LogP) is 6.77. The van der Waals surface area contributed by atoms with Crippen LogP contribution in [0.1, 0.15) is 31.7 Å². The fourth-order valence-corrected chi connectivity index (χ4v) is 4.41. The molecular weight excluding hydrogens is 409 g/mol. The van der Waals surface area contributed by atoms with Crippen molar-refractivity contribution in [3.05, 3.63) is 45.3 Å². The predicted molar refractivity (Wildman–Crippen MR) is 97.2 cm³/mol. The van der Waals surface area contributed by atoms with Crippen LogP contribution in [0.5, 0.6) is 0 Å². The maximum atomic E-state index is 13.5. The lowest BCUT2D eigenvalue weighted by atomic mass is 9.93. The van der Waals surface area contributed by atoms with Crippen molar-refractivity contribution in [3.8, 4) is 0 Å². The number of rotatable bonds is 1. The van der Waals surface area contributed by atoms with Crippen molar-refractivity contribution in [3.63, 3.8) is 0 Å². The normalized spacial score (nSPS) is 22.5. The van der Waals surface area contributed by atoms with E-state index in [2.05, 4.69) is 72.8 Å². The van der Waals surface area contributed by atoms with Gasteiger partial charge in [0.2, 0.25) is 0 Å². The van der Waals surface area contributed by atoms with E-state index < -0.39 is 6.17 Å². The van der Waals surface area contributed by atoms with Crippen LogP contribution in [0.4, 0.5) is 4.39 Å². The maximum absolute atomic E-state index is 13.5. The highest BCUT2D eigenvalue weighted by atomic mass is 79.9. The summed E-state index contributed by atoms with van der Waals surface area (Å²) in [7, 11) is 0. The molecule has 4 heteroatoms. The first-order chi connectivity index (χ1) is 10.6. The van der Waals surface area contributed by atoms with Gasteiger partial charge in [0.15, 0.2) is 0 Å². The number of halogens is 3. The second kappa shape index (κ2) is 5.64. The molecule has 1 aliphatic rings. The van der Waals surface area contributed by atoms with Gasteiger partial charge >= 0.3 is 0 Å². The van der Waals surface area contributed by atoms with Gasteiger partial charge in [0.1, 0.15) is 6.17 Å². The van der Waals surface area contributed by atoms with E-state index in [1.807, 2.05) is 0 Å². The summed E-state index contributed by atoms with van der Waals surface area (Å²) in [4.78, 5) is 0. The molecule has 0 saturated heterocycles. The Bertz CT molecular complexity index is 788. The summed E-state index contributed by atoms with van der Waals surface area (Å²) in [5.74, 6) is 0. The van der Waals surface area contributed by atoms with Crippen molar-refractivity contribution in [2.24, 2.45) is 0 Å². The summed E-state index contributed by atoms with van der Waals surface area (Å²) in [6.07, 6.45) is 2.59. The first-order valence-electron chi connectivity index (χ1n) is 7.66. The van der Waals surface area contributed by atoms with Crippen LogP contribution >= 0.6 is 31.9 Å². The first kappa shape index (κ1) is 14.7. The second-order valence-corrected chi connectivity index (χ2v) is 7.93. The van der Waals surface area contributed by atoms with Gasteiger partial charge in [-0.05, 0) is 62.1 Å². The molecule has 2 aromatic carbocycles. The second-order valence-electron chi connectivity index (χ2n) is 6.10. The topological polar surface area (TPSA) is 4.93 Å². The Morgan fingerprint density at radius 2 is 1.32 bits per heavy atom. The van der Waals surface area contributed by atoms with E-state index in [0.717, 1.165) is 21.8 Å². The van der Waals surface area contributed by atoms with Crippen LogP contribution in [0.15, 0.2) is 45.3 Å². The third kappa shape index (κ3) is 2.41. The summed E-state index contributed by atoms with van der Waals surface area (Å²) in [6.45, 7) is 0. The van der Waals surface area contributed by atoms with Gasteiger partial charge in [0.05, 0.1) is 0 Å². The van der Waals surface area contributed by atoms with Gasteiger partial charge in [-0.1, -0.05) is 31.9 Å². The lowest BCUT2D eigenvalue weighted by Gasteiger charge is -2.27. The van der Waals surface area contributed by atoms with E-state index in [-0.39, 0.29) is 0 Å². The summed E-state index contributed by atoms with van der Waals surface area (Å²) >= 11 is 7.16. The molecule has 0 spiro atoms. The number of hydrogen-bond acceptors (Lipinski definition) is 0. The molecule has 0 atom stereocenters. The minimum Gasteiger partial charge on any atom is -0.337 e. The van der Waals surface area contributed by atoms with Crippen LogP contribution < -0.4 is 0 Å². The van der Waals surface area contributed by atoms with Crippen molar-refractivity contribution < 1.29 is 4.39 Å². The molecule has 1 fully saturated rings. The van der Waals surface area contributed by atoms with Crippen LogP contribution in [-0.4, -0.2) is 10.7 Å². The lowest BCUT2D eigenvalue weighted by molar-refractivity contribution is 0.213. The van der Waals surface area contributed by atoms with Crippen molar-refractivity contribution in [1.29, 1.82) is 0 Å². The quantitative estimate of drug-likeness (QED) is 0.406. The van der Waals surface area contributed by atoms with Crippen molar-refractivity contribution in [2.75, 3.05) is 0 Å². The summed E-state index contributed by atoms with van der Waals surface area (Å²) in [5, 5.41) is 2.51. The molecule has 1 aromatic heterocycles. The highest BCUT2D eigenvalue weighted by molar-refractivity contribution is 9.10. The Hall–Kier alpha value is -0.870. The van der Waals surface area contributed by atoms with Gasteiger partial charge in [0.25, 0.3) is 0 Å². The maximum Gasteiger partial charge on any atom is 0.100 e. The zero-order valence-electron chi connectivity index (χ0n) is 12.0. The van der Waals surface area contributed by atoms with E-state index in [1.165, 1.54) is 21.8 Å². The SMILES string of the molecule is FC1CCC(n2c3ccc(Br)cc3c3cc(Br)ccc32)CC1. The Labute approximate surface area is 145 Å². The molecule has 4 rings (SSSR count). The van der Waals surface area contributed by atoms with E-state index in [4.69, 9.17) is 0 Å². The van der Waals surface area contributed by atoms with Gasteiger partial charge in [-0.15, -0.1) is 0 Å². The molecule has 1 saturated carbocycles. The summed E-state index contributed by atoms with van der Waals surface area (Å²) in [5.41, 5.74) is 2.50. The molecule has 1 nitrogen and oxygen atoms in total. The minimum absolute atomic E-state index is 0.398. The number of benzene rings is 2. The van der Waals surface area contributed by atoms with Crippen LogP contribution in [0.3, 0.4) is 0 Å². The number of fused-ring (bicyclic) bond motifs is 3. The first-order valence-corrected chi connectivity index (χ1v) is 9.25. The number of alkyl halides is 1. The van der Waals surface area contributed by atoms with E-state index >= 15 is 0 Å². The molecule has 0 bridgehead atoms. The van der Waals surface area contributed by atoms with Crippen molar-refractivity contribution >= 4 is 53.7 Å². The van der Waals surface area contributed by atoms with Crippen LogP contribution in [0, 0.1) is 0 Å². The molecule has 3 aromatic rings. The standard InChI is InChI=1S/C18H16Br2FN/c19-11-1-7-17-15(9-11)16-10-12(20)2-8-18(16)22(17)14-5-3-13(21)4-6-14/h1-2,7-10,13-14H,3-6H2. The molecule has 22 heavy (non-hydrogen) atoms. The fourth-order valence-electron chi connectivity index (χ4n) is 3.68. The molecule has 0 N–H and O–H groups in total. The van der Waals surface area contributed by atoms with Crippen molar-refractivity contribution in [1.82, 2.24) is 4.57 Å². The zero-order chi connectivity index (χ0) is 15.3. The van der Waals surface area contributed by atoms with Crippen LogP contribution in [0.2, 0.25) is 0 Å². The highest BCUT2D eigenvalue weighted by Crippen LogP contribution is 2.39. The Kier molecular flexibility index (Phi) is 3.77. The van der Waals surface area contributed by atoms with Gasteiger partial charge in [0, 0.05) is 36.8 Å². The Balaban J connectivity index is 1.98. The lowest BCUT2D eigenvalue weighted by Crippen LogP contribution is -2.18. The van der Waals surface area contributed by atoms with Gasteiger partial charge in [-0.2, -0.15) is 0 Å². The Morgan fingerprint density at radius 3 is 1.82 bits per heavy atom. The molecule has 1 aliphatic carbocycles. The number of hydrogen-bond donors (Lipinski definition) is 0. The average Bonchev–Trinajstić information content (AvgIpc) is 2.81. The van der Waals surface area contributed by atoms with Gasteiger partial charge in [-0.25, -0.2) is 4.39 Å². The average molecular weight is 425 g/mol. The Morgan fingerprint density at radius 1 is 0.818 bits per heavy atom. The van der Waals surface area contributed by atoms with Gasteiger partial charge < -0.3 is 4.57 Å². The zero-order valence-corrected chi connectivity index (χ0v) is 15.2. The fraction of sp³-hybridized carbons (Fsp3) is 0.333. The smallest absolute Gasteiger partial charge is 0.100 e. The minimum atomic E-state index is -0.618. The molecule has 1 heterocycles. The summed E-state index contributed by atoms with van der Waals surface area (Å²) in [6, 6.07) is 13.3. The molecule has 0 aliphatic heterocycles. The third-order valence-corrected chi connectivity index (χ3v) is 5.70. The van der Waals surface area contributed by atoms with Crippen LogP contribution in [-0.2, 0) is 0 Å². The molecule has 0 radical (unpaired) electrons. The van der Waals surface area contributed by atoms with Crippen LogP contribution in [0.25, 0.3) is 21.8 Å². The number of aromatic nitrogens is 1. The largest absolute Gasteiger partial charge is 0.337 e. The monoisotopic (exact) mass is 423 g/mol. The highest BCUT2D eigenvalue weighted by Gasteiger charge is 2.24. The van der Waals surface area contributed by atoms with E-state index in [0.29, 0.717) is 18.9 Å². The molecule has 0 unspecified atom stereocenters. The van der Waals surface area contributed by atoms with E-state index in [9.17, 15) is 4.39 Å². The molecule has 0 amide bonds. The van der Waals surface area contributed by atoms with Gasteiger partial charge in [-0.3, -0.25) is 0 Å². The summed E-state index contributed by atoms with van der Waals surface area (Å²) < 4.78 is 18.1. The van der Waals surface area contributed by atoms with E-state index in [1.54, 1.807) is 0 Å². The third-order valence-electron chi connectivity index (χ3n) is 4.72.